The first-order valence-electron chi connectivity index (χ1n) is 7.48. The number of hydrogen-bond donors (Lipinski definition) is 1. The van der Waals surface area contributed by atoms with Gasteiger partial charge in [0.05, 0.1) is 13.2 Å². The smallest absolute Gasteiger partial charge is 0.126 e. The molecule has 0 aromatic heterocycles. The van der Waals surface area contributed by atoms with E-state index in [-0.39, 0.29) is 5.60 Å². The van der Waals surface area contributed by atoms with Gasteiger partial charge in [0, 0.05) is 12.0 Å². The molecule has 1 N–H and O–H groups in total. The molecule has 1 aliphatic carbocycles. The van der Waals surface area contributed by atoms with E-state index in [1.807, 2.05) is 18.2 Å². The summed E-state index contributed by atoms with van der Waals surface area (Å²) in [5, 5.41) is 10.5. The third kappa shape index (κ3) is 2.39. The summed E-state index contributed by atoms with van der Waals surface area (Å²) in [6, 6.07) is 5.72. The van der Waals surface area contributed by atoms with Crippen LogP contribution in [0.25, 0.3) is 0 Å². The van der Waals surface area contributed by atoms with E-state index in [2.05, 4.69) is 13.8 Å². The van der Waals surface area contributed by atoms with E-state index >= 15 is 0 Å². The van der Waals surface area contributed by atoms with E-state index in [4.69, 9.17) is 9.47 Å². The lowest BCUT2D eigenvalue weighted by atomic mass is 9.67. The minimum absolute atomic E-state index is 0.192. The average Bonchev–Trinajstić information content (AvgIpc) is 2.37. The summed E-state index contributed by atoms with van der Waals surface area (Å²) < 4.78 is 11.6. The lowest BCUT2D eigenvalue weighted by molar-refractivity contribution is -0.0677. The van der Waals surface area contributed by atoms with Crippen LogP contribution in [0.5, 0.6) is 11.5 Å². The minimum atomic E-state index is -0.456. The van der Waals surface area contributed by atoms with E-state index in [1.165, 1.54) is 12.8 Å². The SMILES string of the molecule is COc1ccc2c(c1)[C@@H](O)CC1(CCCC(C)(C)C1)O2. The second-order valence-corrected chi connectivity index (χ2v) is 7.10. The summed E-state index contributed by atoms with van der Waals surface area (Å²) in [6.45, 7) is 4.60. The Kier molecular flexibility index (Phi) is 3.20. The minimum Gasteiger partial charge on any atom is -0.497 e. The van der Waals surface area contributed by atoms with E-state index in [9.17, 15) is 5.11 Å². The van der Waals surface area contributed by atoms with Crippen LogP contribution >= 0.6 is 0 Å². The van der Waals surface area contributed by atoms with Gasteiger partial charge in [0.2, 0.25) is 0 Å². The fourth-order valence-corrected chi connectivity index (χ4v) is 3.94. The number of aliphatic hydroxyl groups is 1. The Labute approximate surface area is 120 Å². The predicted octanol–water partition coefficient (Wildman–Crippen LogP) is 3.85. The van der Waals surface area contributed by atoms with Crippen LogP contribution in [0.3, 0.4) is 0 Å². The van der Waals surface area contributed by atoms with Crippen LogP contribution in [0.2, 0.25) is 0 Å². The van der Waals surface area contributed by atoms with Gasteiger partial charge >= 0.3 is 0 Å². The maximum Gasteiger partial charge on any atom is 0.126 e. The number of hydrogen-bond acceptors (Lipinski definition) is 3. The zero-order valence-corrected chi connectivity index (χ0v) is 12.6. The molecule has 1 aliphatic heterocycles. The van der Waals surface area contributed by atoms with Gasteiger partial charge in [0.25, 0.3) is 0 Å². The monoisotopic (exact) mass is 276 g/mol. The summed E-state index contributed by atoms with van der Waals surface area (Å²) in [4.78, 5) is 0. The van der Waals surface area contributed by atoms with Crippen LogP contribution < -0.4 is 9.47 Å². The van der Waals surface area contributed by atoms with Crippen molar-refractivity contribution in [3.63, 3.8) is 0 Å². The molecular formula is C17H24O3. The van der Waals surface area contributed by atoms with Gasteiger partial charge in [-0.3, -0.25) is 0 Å². The van der Waals surface area contributed by atoms with Crippen molar-refractivity contribution < 1.29 is 14.6 Å². The molecular weight excluding hydrogens is 252 g/mol. The van der Waals surface area contributed by atoms with Crippen LogP contribution in [0.15, 0.2) is 18.2 Å². The molecule has 1 heterocycles. The van der Waals surface area contributed by atoms with Gasteiger partial charge < -0.3 is 14.6 Å². The zero-order valence-electron chi connectivity index (χ0n) is 12.6. The molecule has 1 saturated carbocycles. The second kappa shape index (κ2) is 4.66. The predicted molar refractivity (Wildman–Crippen MR) is 78.2 cm³/mol. The molecule has 20 heavy (non-hydrogen) atoms. The molecule has 2 atom stereocenters. The van der Waals surface area contributed by atoms with Gasteiger partial charge in [-0.05, 0) is 49.3 Å². The molecule has 110 valence electrons. The topological polar surface area (TPSA) is 38.7 Å². The Morgan fingerprint density at radius 2 is 2.10 bits per heavy atom. The highest BCUT2D eigenvalue weighted by atomic mass is 16.5. The van der Waals surface area contributed by atoms with E-state index in [1.54, 1.807) is 7.11 Å². The standard InChI is InChI=1S/C17H24O3/c1-16(2)7-4-8-17(11-16)10-14(18)13-9-12(19-3)5-6-15(13)20-17/h5-6,9,14,18H,4,7-8,10-11H2,1-3H3/t14-,17?/m0/s1. The van der Waals surface area contributed by atoms with Crippen molar-refractivity contribution in [1.29, 1.82) is 0 Å². The first kappa shape index (κ1) is 13.7. The van der Waals surface area contributed by atoms with Crippen molar-refractivity contribution in [3.8, 4) is 11.5 Å². The summed E-state index contributed by atoms with van der Waals surface area (Å²) in [5.74, 6) is 1.59. The molecule has 3 nitrogen and oxygen atoms in total. The molecule has 1 spiro atoms. The number of ether oxygens (including phenoxy) is 2. The van der Waals surface area contributed by atoms with Gasteiger partial charge in [-0.2, -0.15) is 0 Å². The number of rotatable bonds is 1. The third-order valence-corrected chi connectivity index (χ3v) is 4.75. The van der Waals surface area contributed by atoms with Crippen molar-refractivity contribution in [3.05, 3.63) is 23.8 Å². The highest BCUT2D eigenvalue weighted by molar-refractivity contribution is 5.43. The van der Waals surface area contributed by atoms with Crippen molar-refractivity contribution in [2.75, 3.05) is 7.11 Å². The van der Waals surface area contributed by atoms with Crippen LogP contribution in [0.4, 0.5) is 0 Å². The number of methoxy groups -OCH3 is 1. The molecule has 1 aromatic rings. The maximum atomic E-state index is 10.5. The lowest BCUT2D eigenvalue weighted by Crippen LogP contribution is -2.47. The highest BCUT2D eigenvalue weighted by Gasteiger charge is 2.46. The molecule has 0 radical (unpaired) electrons. The number of aliphatic hydroxyl groups excluding tert-OH is 1. The molecule has 0 bridgehead atoms. The van der Waals surface area contributed by atoms with Crippen LogP contribution in [-0.2, 0) is 0 Å². The summed E-state index contributed by atoms with van der Waals surface area (Å²) in [6.07, 6.45) is 4.70. The molecule has 1 aromatic carbocycles. The summed E-state index contributed by atoms with van der Waals surface area (Å²) in [7, 11) is 1.64. The van der Waals surface area contributed by atoms with Gasteiger partial charge in [-0.15, -0.1) is 0 Å². The van der Waals surface area contributed by atoms with Crippen LogP contribution in [0.1, 0.15) is 57.6 Å². The first-order chi connectivity index (χ1) is 9.43. The highest BCUT2D eigenvalue weighted by Crippen LogP contribution is 2.51. The number of fused-ring (bicyclic) bond motifs is 1. The zero-order chi connectivity index (χ0) is 14.4. The van der Waals surface area contributed by atoms with Gasteiger partial charge in [0.15, 0.2) is 0 Å². The molecule has 0 amide bonds. The van der Waals surface area contributed by atoms with E-state index < -0.39 is 6.10 Å². The fourth-order valence-electron chi connectivity index (χ4n) is 3.94. The van der Waals surface area contributed by atoms with Gasteiger partial charge in [-0.25, -0.2) is 0 Å². The molecule has 1 unspecified atom stereocenters. The molecule has 2 aliphatic rings. The normalized spacial score (nSPS) is 31.5. The van der Waals surface area contributed by atoms with E-state index in [0.717, 1.165) is 29.9 Å². The quantitative estimate of drug-likeness (QED) is 0.846. The van der Waals surface area contributed by atoms with Crippen molar-refractivity contribution >= 4 is 0 Å². The summed E-state index contributed by atoms with van der Waals surface area (Å²) in [5.41, 5.74) is 0.961. The van der Waals surface area contributed by atoms with Crippen molar-refractivity contribution in [2.24, 2.45) is 5.41 Å². The van der Waals surface area contributed by atoms with Gasteiger partial charge in [-0.1, -0.05) is 13.8 Å². The average molecular weight is 276 g/mol. The van der Waals surface area contributed by atoms with Crippen LogP contribution in [0, 0.1) is 5.41 Å². The first-order valence-corrected chi connectivity index (χ1v) is 7.48. The largest absolute Gasteiger partial charge is 0.497 e. The van der Waals surface area contributed by atoms with Crippen molar-refractivity contribution in [1.82, 2.24) is 0 Å². The number of benzene rings is 1. The lowest BCUT2D eigenvalue weighted by Gasteiger charge is -2.48. The summed E-state index contributed by atoms with van der Waals surface area (Å²) >= 11 is 0. The van der Waals surface area contributed by atoms with Crippen molar-refractivity contribution in [2.45, 2.75) is 57.7 Å². The fraction of sp³-hybridized carbons (Fsp3) is 0.647. The Bertz CT molecular complexity index is 509. The molecule has 3 heteroatoms. The molecule has 1 fully saturated rings. The molecule has 0 saturated heterocycles. The van der Waals surface area contributed by atoms with Gasteiger partial charge in [0.1, 0.15) is 17.1 Å². The molecule has 3 rings (SSSR count). The van der Waals surface area contributed by atoms with Crippen LogP contribution in [-0.4, -0.2) is 17.8 Å². The Morgan fingerprint density at radius 1 is 1.30 bits per heavy atom. The Morgan fingerprint density at radius 3 is 2.80 bits per heavy atom. The Hall–Kier alpha value is -1.22. The Balaban J connectivity index is 1.92. The maximum absolute atomic E-state index is 10.5. The third-order valence-electron chi connectivity index (χ3n) is 4.75. The van der Waals surface area contributed by atoms with E-state index in [0.29, 0.717) is 11.8 Å². The second-order valence-electron chi connectivity index (χ2n) is 7.10.